The maximum absolute atomic E-state index is 6.16. The summed E-state index contributed by atoms with van der Waals surface area (Å²) in [4.78, 5) is 2.53. The van der Waals surface area contributed by atoms with E-state index in [0.717, 1.165) is 12.6 Å². The summed E-state index contributed by atoms with van der Waals surface area (Å²) < 4.78 is 0. The quantitative estimate of drug-likeness (QED) is 0.758. The van der Waals surface area contributed by atoms with Crippen LogP contribution in [0.15, 0.2) is 24.3 Å². The molecule has 1 aliphatic heterocycles. The molecule has 80 valence electrons. The zero-order valence-corrected chi connectivity index (χ0v) is 9.02. The highest BCUT2D eigenvalue weighted by atomic mass is 15.2. The molecule has 2 heteroatoms. The van der Waals surface area contributed by atoms with Crippen LogP contribution in [-0.2, 0) is 0 Å². The van der Waals surface area contributed by atoms with Gasteiger partial charge in [0.1, 0.15) is 0 Å². The molecule has 0 radical (unpaired) electrons. The minimum atomic E-state index is 0.224. The molecule has 1 aromatic rings. The van der Waals surface area contributed by atoms with E-state index in [2.05, 4.69) is 29.2 Å². The Labute approximate surface area is 91.1 Å². The molecule has 1 saturated carbocycles. The van der Waals surface area contributed by atoms with Crippen LogP contribution in [0.2, 0.25) is 0 Å². The fraction of sp³-hybridized carbons (Fsp3) is 0.538. The second kappa shape index (κ2) is 3.53. The van der Waals surface area contributed by atoms with Crippen LogP contribution >= 0.6 is 0 Å². The van der Waals surface area contributed by atoms with E-state index in [1.807, 2.05) is 0 Å². The first-order valence-corrected chi connectivity index (χ1v) is 5.97. The summed E-state index contributed by atoms with van der Waals surface area (Å²) in [6.45, 7) is 1.02. The van der Waals surface area contributed by atoms with E-state index in [1.165, 1.54) is 36.9 Å². The molecular weight excluding hydrogens is 184 g/mol. The molecule has 1 aromatic carbocycles. The summed E-state index contributed by atoms with van der Waals surface area (Å²) in [5.41, 5.74) is 8.89. The Balaban J connectivity index is 1.93. The van der Waals surface area contributed by atoms with Crippen molar-refractivity contribution in [2.45, 2.75) is 37.8 Å². The Morgan fingerprint density at radius 3 is 2.67 bits per heavy atom. The van der Waals surface area contributed by atoms with Crippen molar-refractivity contribution in [2.75, 3.05) is 11.4 Å². The number of benzene rings is 1. The summed E-state index contributed by atoms with van der Waals surface area (Å²) in [6.07, 6.45) is 5.47. The molecule has 0 saturated heterocycles. The smallest absolute Gasteiger partial charge is 0.0493 e. The molecule has 0 amide bonds. The van der Waals surface area contributed by atoms with Gasteiger partial charge in [-0.05, 0) is 24.5 Å². The molecule has 0 spiro atoms. The third-order valence-corrected chi connectivity index (χ3v) is 3.80. The number of hydrogen-bond donors (Lipinski definition) is 1. The van der Waals surface area contributed by atoms with Crippen molar-refractivity contribution in [2.24, 2.45) is 5.73 Å². The van der Waals surface area contributed by atoms with Crippen LogP contribution in [-0.4, -0.2) is 12.6 Å². The van der Waals surface area contributed by atoms with Gasteiger partial charge in [0.25, 0.3) is 0 Å². The summed E-state index contributed by atoms with van der Waals surface area (Å²) >= 11 is 0. The SMILES string of the molecule is NC1CN(C2CCCC2)c2ccccc21. The highest BCUT2D eigenvalue weighted by Gasteiger charge is 2.31. The number of rotatable bonds is 1. The maximum atomic E-state index is 6.16. The second-order valence-electron chi connectivity index (χ2n) is 4.76. The van der Waals surface area contributed by atoms with Gasteiger partial charge in [0.05, 0.1) is 0 Å². The van der Waals surface area contributed by atoms with Gasteiger partial charge in [-0.25, -0.2) is 0 Å². The predicted octanol–water partition coefficient (Wildman–Crippen LogP) is 2.45. The lowest BCUT2D eigenvalue weighted by atomic mass is 10.1. The van der Waals surface area contributed by atoms with Crippen LogP contribution in [0.4, 0.5) is 5.69 Å². The molecule has 15 heavy (non-hydrogen) atoms. The lowest BCUT2D eigenvalue weighted by molar-refractivity contribution is 0.597. The van der Waals surface area contributed by atoms with Crippen molar-refractivity contribution in [1.82, 2.24) is 0 Å². The molecule has 1 aliphatic carbocycles. The number of fused-ring (bicyclic) bond motifs is 1. The molecule has 1 atom stereocenters. The second-order valence-corrected chi connectivity index (χ2v) is 4.76. The Morgan fingerprint density at radius 1 is 1.13 bits per heavy atom. The van der Waals surface area contributed by atoms with Gasteiger partial charge >= 0.3 is 0 Å². The predicted molar refractivity (Wildman–Crippen MR) is 63.0 cm³/mol. The van der Waals surface area contributed by atoms with Gasteiger partial charge in [-0.2, -0.15) is 0 Å². The first-order valence-electron chi connectivity index (χ1n) is 5.97. The van der Waals surface area contributed by atoms with Crippen molar-refractivity contribution in [1.29, 1.82) is 0 Å². The van der Waals surface area contributed by atoms with E-state index in [-0.39, 0.29) is 6.04 Å². The van der Waals surface area contributed by atoms with Gasteiger partial charge in [0.15, 0.2) is 0 Å². The zero-order chi connectivity index (χ0) is 10.3. The number of para-hydroxylation sites is 1. The van der Waals surface area contributed by atoms with E-state index >= 15 is 0 Å². The van der Waals surface area contributed by atoms with Crippen molar-refractivity contribution in [3.8, 4) is 0 Å². The van der Waals surface area contributed by atoms with E-state index in [0.29, 0.717) is 0 Å². The Morgan fingerprint density at radius 2 is 1.87 bits per heavy atom. The fourth-order valence-corrected chi connectivity index (χ4v) is 3.03. The molecule has 1 heterocycles. The average molecular weight is 202 g/mol. The molecule has 2 nitrogen and oxygen atoms in total. The molecule has 2 aliphatic rings. The highest BCUT2D eigenvalue weighted by Crippen LogP contribution is 2.38. The Bertz CT molecular complexity index is 355. The topological polar surface area (TPSA) is 29.3 Å². The van der Waals surface area contributed by atoms with Crippen molar-refractivity contribution in [3.63, 3.8) is 0 Å². The minimum absolute atomic E-state index is 0.224. The Kier molecular flexibility index (Phi) is 2.17. The third-order valence-electron chi connectivity index (χ3n) is 3.80. The minimum Gasteiger partial charge on any atom is -0.366 e. The van der Waals surface area contributed by atoms with E-state index in [1.54, 1.807) is 0 Å². The lowest BCUT2D eigenvalue weighted by Crippen LogP contribution is -2.33. The van der Waals surface area contributed by atoms with Crippen molar-refractivity contribution < 1.29 is 0 Å². The van der Waals surface area contributed by atoms with Crippen LogP contribution in [0.5, 0.6) is 0 Å². The van der Waals surface area contributed by atoms with Crippen LogP contribution < -0.4 is 10.6 Å². The summed E-state index contributed by atoms with van der Waals surface area (Å²) in [5.74, 6) is 0. The normalized spacial score (nSPS) is 25.9. The van der Waals surface area contributed by atoms with Crippen LogP contribution in [0.3, 0.4) is 0 Å². The maximum Gasteiger partial charge on any atom is 0.0493 e. The summed E-state index contributed by atoms with van der Waals surface area (Å²) in [7, 11) is 0. The van der Waals surface area contributed by atoms with E-state index in [9.17, 15) is 0 Å². The molecular formula is C13H18N2. The molecule has 1 fully saturated rings. The largest absolute Gasteiger partial charge is 0.366 e. The van der Waals surface area contributed by atoms with Gasteiger partial charge in [-0.1, -0.05) is 31.0 Å². The van der Waals surface area contributed by atoms with Crippen molar-refractivity contribution in [3.05, 3.63) is 29.8 Å². The van der Waals surface area contributed by atoms with Gasteiger partial charge in [-0.15, -0.1) is 0 Å². The van der Waals surface area contributed by atoms with E-state index < -0.39 is 0 Å². The zero-order valence-electron chi connectivity index (χ0n) is 9.02. The Hall–Kier alpha value is -1.02. The van der Waals surface area contributed by atoms with Crippen LogP contribution in [0.1, 0.15) is 37.3 Å². The third kappa shape index (κ3) is 1.44. The number of anilines is 1. The standard InChI is InChI=1S/C13H18N2/c14-12-9-15(10-5-1-2-6-10)13-8-4-3-7-11(12)13/h3-4,7-8,10,12H,1-2,5-6,9,14H2. The van der Waals surface area contributed by atoms with Gasteiger partial charge < -0.3 is 10.6 Å². The van der Waals surface area contributed by atoms with Crippen LogP contribution in [0.25, 0.3) is 0 Å². The summed E-state index contributed by atoms with van der Waals surface area (Å²) in [6, 6.07) is 9.59. The average Bonchev–Trinajstić information content (AvgIpc) is 2.87. The highest BCUT2D eigenvalue weighted by molar-refractivity contribution is 5.60. The molecule has 1 unspecified atom stereocenters. The number of nitrogens with two attached hydrogens (primary N) is 1. The fourth-order valence-electron chi connectivity index (χ4n) is 3.03. The first kappa shape index (κ1) is 9.22. The molecule has 0 bridgehead atoms. The lowest BCUT2D eigenvalue weighted by Gasteiger charge is -2.26. The molecule has 3 rings (SSSR count). The molecule has 0 aromatic heterocycles. The van der Waals surface area contributed by atoms with Crippen molar-refractivity contribution >= 4 is 5.69 Å². The first-order chi connectivity index (χ1) is 7.36. The van der Waals surface area contributed by atoms with E-state index in [4.69, 9.17) is 5.73 Å². The van der Waals surface area contributed by atoms with Gasteiger partial charge in [-0.3, -0.25) is 0 Å². The molecule has 2 N–H and O–H groups in total. The van der Waals surface area contributed by atoms with Gasteiger partial charge in [0.2, 0.25) is 0 Å². The van der Waals surface area contributed by atoms with Crippen LogP contribution in [0, 0.1) is 0 Å². The number of hydrogen-bond acceptors (Lipinski definition) is 2. The monoisotopic (exact) mass is 202 g/mol. The number of nitrogens with zero attached hydrogens (tertiary/aromatic N) is 1. The summed E-state index contributed by atoms with van der Waals surface area (Å²) in [5, 5.41) is 0. The van der Waals surface area contributed by atoms with Gasteiger partial charge in [0, 0.05) is 24.3 Å².